The van der Waals surface area contributed by atoms with Gasteiger partial charge >= 0.3 is 0 Å². The topological polar surface area (TPSA) is 72.4 Å². The molecule has 0 saturated heterocycles. The van der Waals surface area contributed by atoms with Crippen LogP contribution in [0.1, 0.15) is 0 Å². The lowest BCUT2D eigenvalue weighted by Gasteiger charge is -1.91. The molecule has 16 heavy (non-hydrogen) atoms. The van der Waals surface area contributed by atoms with Gasteiger partial charge in [0.05, 0.1) is 11.4 Å². The Bertz CT molecular complexity index is 384. The monoisotopic (exact) mass is 212 g/mol. The Morgan fingerprint density at radius 3 is 1.19 bits per heavy atom. The van der Waals surface area contributed by atoms with Gasteiger partial charge in [0.1, 0.15) is 0 Å². The van der Waals surface area contributed by atoms with E-state index in [1.165, 1.54) is 0 Å². The summed E-state index contributed by atoms with van der Waals surface area (Å²) in [6, 6.07) is 19.4. The minimum Gasteiger partial charge on any atom is -0.213 e. The number of nitrogens with one attached hydrogen (secondary N) is 2. The van der Waals surface area contributed by atoms with E-state index in [1.807, 2.05) is 60.7 Å². The maximum absolute atomic E-state index is 5.00. The Kier molecular flexibility index (Phi) is 5.13. The van der Waals surface area contributed by atoms with Gasteiger partial charge in [0.15, 0.2) is 0 Å². The van der Waals surface area contributed by atoms with E-state index in [2.05, 4.69) is 10.2 Å². The van der Waals surface area contributed by atoms with E-state index < -0.39 is 0 Å². The van der Waals surface area contributed by atoms with Gasteiger partial charge in [-0.3, -0.25) is 0 Å². The van der Waals surface area contributed by atoms with Crippen molar-refractivity contribution < 1.29 is 0 Å². The van der Waals surface area contributed by atoms with E-state index in [9.17, 15) is 0 Å². The van der Waals surface area contributed by atoms with E-state index in [4.69, 9.17) is 11.1 Å². The molecule has 0 amide bonds. The van der Waals surface area contributed by atoms with Crippen LogP contribution in [0.5, 0.6) is 0 Å². The van der Waals surface area contributed by atoms with Crippen molar-refractivity contribution in [3.05, 3.63) is 60.7 Å². The molecule has 0 saturated carbocycles. The van der Waals surface area contributed by atoms with Gasteiger partial charge in [-0.05, 0) is 24.3 Å². The molecule has 0 aliphatic heterocycles. The van der Waals surface area contributed by atoms with Crippen molar-refractivity contribution in [3.8, 4) is 0 Å². The molecule has 2 N–H and O–H groups in total. The van der Waals surface area contributed by atoms with Crippen molar-refractivity contribution >= 4 is 11.4 Å². The van der Waals surface area contributed by atoms with Crippen molar-refractivity contribution in [2.45, 2.75) is 0 Å². The van der Waals surface area contributed by atoms with Crippen molar-refractivity contribution in [1.82, 2.24) is 0 Å². The van der Waals surface area contributed by atoms with Crippen LogP contribution in [-0.4, -0.2) is 0 Å². The van der Waals surface area contributed by atoms with Gasteiger partial charge in [0, 0.05) is 0 Å². The van der Waals surface area contributed by atoms with Gasteiger partial charge < -0.3 is 0 Å². The van der Waals surface area contributed by atoms with Crippen LogP contribution >= 0.6 is 0 Å². The molecule has 0 spiro atoms. The van der Waals surface area contributed by atoms with Crippen LogP contribution < -0.4 is 0 Å². The molecule has 0 fully saturated rings. The molecule has 0 aliphatic rings. The summed E-state index contributed by atoms with van der Waals surface area (Å²) in [5, 5.41) is 8.20. The first kappa shape index (κ1) is 11.7. The standard InChI is InChI=1S/C12H10N2.H2N2/c1-3-7-11(8-4-1)13-14-12-9-5-2-6-10-12;1-2/h1-10H;1-2H. The molecule has 2 aromatic rings. The summed E-state index contributed by atoms with van der Waals surface area (Å²) >= 11 is 0. The van der Waals surface area contributed by atoms with Crippen LogP contribution in [-0.2, 0) is 0 Å². The largest absolute Gasteiger partial charge is 0.213 e. The highest BCUT2D eigenvalue weighted by atomic mass is 15.1. The summed E-state index contributed by atoms with van der Waals surface area (Å²) in [5.41, 5.74) is 11.7. The summed E-state index contributed by atoms with van der Waals surface area (Å²) in [6.07, 6.45) is 0. The number of nitrogens with zero attached hydrogens (tertiary/aromatic N) is 2. The highest BCUT2D eigenvalue weighted by molar-refractivity contribution is 5.39. The van der Waals surface area contributed by atoms with Gasteiger partial charge in [-0.2, -0.15) is 10.2 Å². The quantitative estimate of drug-likeness (QED) is 0.677. The molecule has 0 atom stereocenters. The number of benzene rings is 2. The molecular formula is C12H12N4. The molecule has 0 aliphatic carbocycles. The smallest absolute Gasteiger partial charge is 0.0857 e. The molecule has 4 heteroatoms. The lowest BCUT2D eigenvalue weighted by molar-refractivity contribution is 1.05. The van der Waals surface area contributed by atoms with Gasteiger partial charge in [-0.25, -0.2) is 11.1 Å². The van der Waals surface area contributed by atoms with Crippen LogP contribution in [0.3, 0.4) is 0 Å². The molecule has 0 radical (unpaired) electrons. The second-order valence-electron chi connectivity index (χ2n) is 2.87. The van der Waals surface area contributed by atoms with E-state index in [1.54, 1.807) is 0 Å². The molecule has 0 bridgehead atoms. The van der Waals surface area contributed by atoms with Gasteiger partial charge in [0.25, 0.3) is 0 Å². The molecule has 0 heterocycles. The molecule has 0 aromatic heterocycles. The number of azo groups is 1. The van der Waals surface area contributed by atoms with Crippen LogP contribution in [0.4, 0.5) is 11.4 Å². The number of rotatable bonds is 2. The van der Waals surface area contributed by atoms with Gasteiger partial charge in [0.2, 0.25) is 0 Å². The second kappa shape index (κ2) is 7.00. The molecule has 0 unspecified atom stereocenters. The van der Waals surface area contributed by atoms with E-state index in [-0.39, 0.29) is 0 Å². The molecule has 2 rings (SSSR count). The van der Waals surface area contributed by atoms with Crippen LogP contribution in [0.25, 0.3) is 0 Å². The lowest BCUT2D eigenvalue weighted by Crippen LogP contribution is -1.62. The lowest BCUT2D eigenvalue weighted by atomic mass is 10.3. The third kappa shape index (κ3) is 3.79. The first-order valence-electron chi connectivity index (χ1n) is 4.72. The highest BCUT2D eigenvalue weighted by Crippen LogP contribution is 2.16. The maximum atomic E-state index is 5.00. The minimum absolute atomic E-state index is 0.872. The summed E-state index contributed by atoms with van der Waals surface area (Å²) in [7, 11) is 0. The maximum Gasteiger partial charge on any atom is 0.0857 e. The predicted octanol–water partition coefficient (Wildman–Crippen LogP) is 4.70. The average Bonchev–Trinajstić information content (AvgIpc) is 2.41. The Hall–Kier alpha value is -2.36. The average molecular weight is 212 g/mol. The zero-order valence-electron chi connectivity index (χ0n) is 8.67. The van der Waals surface area contributed by atoms with Crippen LogP contribution in [0, 0.1) is 11.1 Å². The summed E-state index contributed by atoms with van der Waals surface area (Å²) < 4.78 is 0. The second-order valence-corrected chi connectivity index (χ2v) is 2.87. The van der Waals surface area contributed by atoms with Crippen molar-refractivity contribution in [1.29, 1.82) is 11.1 Å². The third-order valence-electron chi connectivity index (χ3n) is 1.79. The first-order valence-corrected chi connectivity index (χ1v) is 4.72. The molecule has 2 aromatic carbocycles. The highest BCUT2D eigenvalue weighted by Gasteiger charge is 1.86. The predicted molar refractivity (Wildman–Crippen MR) is 62.5 cm³/mol. The Morgan fingerprint density at radius 1 is 0.562 bits per heavy atom. The SMILES string of the molecule is N=N.c1ccc(N=Nc2ccccc2)cc1. The zero-order valence-corrected chi connectivity index (χ0v) is 8.67. The van der Waals surface area contributed by atoms with Crippen LogP contribution in [0.2, 0.25) is 0 Å². The van der Waals surface area contributed by atoms with Crippen LogP contribution in [0.15, 0.2) is 70.9 Å². The minimum atomic E-state index is 0.872. The molecular weight excluding hydrogens is 200 g/mol. The van der Waals surface area contributed by atoms with Crippen molar-refractivity contribution in [2.75, 3.05) is 0 Å². The summed E-state index contributed by atoms with van der Waals surface area (Å²) in [6.45, 7) is 0. The number of hydrogen-bond acceptors (Lipinski definition) is 4. The van der Waals surface area contributed by atoms with Crippen molar-refractivity contribution in [2.24, 2.45) is 10.2 Å². The normalized spacial score (nSPS) is 9.50. The van der Waals surface area contributed by atoms with Gasteiger partial charge in [-0.15, -0.1) is 0 Å². The Morgan fingerprint density at radius 2 is 0.875 bits per heavy atom. The van der Waals surface area contributed by atoms with Gasteiger partial charge in [-0.1, -0.05) is 36.4 Å². The zero-order chi connectivity index (χ0) is 11.6. The number of hydrogen-bond donors (Lipinski definition) is 2. The first-order chi connectivity index (χ1) is 7.95. The summed E-state index contributed by atoms with van der Waals surface area (Å²) in [5.74, 6) is 0. The Labute approximate surface area is 94.0 Å². The van der Waals surface area contributed by atoms with Crippen molar-refractivity contribution in [3.63, 3.8) is 0 Å². The van der Waals surface area contributed by atoms with E-state index in [0.717, 1.165) is 11.4 Å². The Balaban J connectivity index is 0.000000606. The molecule has 80 valence electrons. The van der Waals surface area contributed by atoms with E-state index >= 15 is 0 Å². The van der Waals surface area contributed by atoms with E-state index in [0.29, 0.717) is 0 Å². The fraction of sp³-hybridized carbons (Fsp3) is 0. The fourth-order valence-electron chi connectivity index (χ4n) is 1.10. The third-order valence-corrected chi connectivity index (χ3v) is 1.79. The fourth-order valence-corrected chi connectivity index (χ4v) is 1.10. The molecule has 4 nitrogen and oxygen atoms in total. The summed E-state index contributed by atoms with van der Waals surface area (Å²) in [4.78, 5) is 0.